The van der Waals surface area contributed by atoms with Crippen LogP contribution in [-0.2, 0) is 4.79 Å². The molecule has 0 fully saturated rings. The average Bonchev–Trinajstić information content (AvgIpc) is 3.19. The van der Waals surface area contributed by atoms with Crippen LogP contribution in [0.2, 0.25) is 0 Å². The van der Waals surface area contributed by atoms with E-state index in [2.05, 4.69) is 4.98 Å². The Bertz CT molecular complexity index is 870. The number of benzene rings is 2. The summed E-state index contributed by atoms with van der Waals surface area (Å²) in [4.78, 5) is 15.7. The van der Waals surface area contributed by atoms with E-state index in [1.807, 2.05) is 47.8 Å². The van der Waals surface area contributed by atoms with Gasteiger partial charge in [0, 0.05) is 17.5 Å². The molecule has 1 heterocycles. The van der Waals surface area contributed by atoms with Crippen LogP contribution in [0.5, 0.6) is 11.5 Å². The summed E-state index contributed by atoms with van der Waals surface area (Å²) in [6.45, 7) is 0. The highest BCUT2D eigenvalue weighted by atomic mass is 32.1. The third kappa shape index (κ3) is 3.70. The van der Waals surface area contributed by atoms with E-state index in [0.717, 1.165) is 21.7 Å². The lowest BCUT2D eigenvalue weighted by Gasteiger charge is -2.17. The minimum atomic E-state index is -0.856. The number of ether oxygens (including phenoxy) is 2. The molecule has 0 bridgehead atoms. The summed E-state index contributed by atoms with van der Waals surface area (Å²) in [5.41, 5.74) is 2.64. The number of carboxylic acid groups (broad SMARTS) is 1. The van der Waals surface area contributed by atoms with Crippen molar-refractivity contribution in [1.82, 2.24) is 4.98 Å². The maximum absolute atomic E-state index is 11.4. The summed E-state index contributed by atoms with van der Waals surface area (Å²) in [6, 6.07) is 13.4. The number of thiazole rings is 1. The zero-order valence-corrected chi connectivity index (χ0v) is 15.3. The predicted octanol–water partition coefficient (Wildman–Crippen LogP) is 4.43. The standard InChI is InChI=1S/C20H19NO4S/c1-24-16-7-4-8-17(25-2)19(16)14-6-3-5-13(11-14)15(12-18(22)23)20-21-9-10-26-20/h3-11,15H,12H2,1-2H3,(H,22,23). The molecule has 0 amide bonds. The number of hydrogen-bond donors (Lipinski definition) is 1. The van der Waals surface area contributed by atoms with Crippen molar-refractivity contribution < 1.29 is 19.4 Å². The summed E-state index contributed by atoms with van der Waals surface area (Å²) >= 11 is 1.46. The molecule has 2 aromatic carbocycles. The Hall–Kier alpha value is -2.86. The zero-order valence-electron chi connectivity index (χ0n) is 14.5. The van der Waals surface area contributed by atoms with E-state index in [1.54, 1.807) is 20.4 Å². The van der Waals surface area contributed by atoms with Crippen molar-refractivity contribution in [3.8, 4) is 22.6 Å². The van der Waals surface area contributed by atoms with Crippen LogP contribution in [0.4, 0.5) is 0 Å². The normalized spacial score (nSPS) is 11.8. The van der Waals surface area contributed by atoms with E-state index in [-0.39, 0.29) is 12.3 Å². The Kier molecular flexibility index (Phi) is 5.53. The molecule has 1 unspecified atom stereocenters. The fourth-order valence-electron chi connectivity index (χ4n) is 2.98. The fourth-order valence-corrected chi connectivity index (χ4v) is 3.74. The van der Waals surface area contributed by atoms with Gasteiger partial charge in [0.15, 0.2) is 0 Å². The maximum Gasteiger partial charge on any atom is 0.304 e. The van der Waals surface area contributed by atoms with Gasteiger partial charge in [-0.3, -0.25) is 4.79 Å². The van der Waals surface area contributed by atoms with Gasteiger partial charge in [0.1, 0.15) is 16.5 Å². The second-order valence-corrected chi connectivity index (χ2v) is 6.61. The molecule has 0 aliphatic rings. The quantitative estimate of drug-likeness (QED) is 0.667. The molecule has 134 valence electrons. The number of rotatable bonds is 7. The second-order valence-electron chi connectivity index (χ2n) is 5.68. The molecule has 0 saturated heterocycles. The van der Waals surface area contributed by atoms with Crippen LogP contribution >= 0.6 is 11.3 Å². The largest absolute Gasteiger partial charge is 0.496 e. The molecule has 3 aromatic rings. The van der Waals surface area contributed by atoms with Gasteiger partial charge < -0.3 is 14.6 Å². The molecule has 6 heteroatoms. The summed E-state index contributed by atoms with van der Waals surface area (Å²) in [5.74, 6) is 0.245. The monoisotopic (exact) mass is 369 g/mol. The number of hydrogen-bond acceptors (Lipinski definition) is 5. The van der Waals surface area contributed by atoms with E-state index in [0.29, 0.717) is 11.5 Å². The average molecular weight is 369 g/mol. The Balaban J connectivity index is 2.10. The van der Waals surface area contributed by atoms with Crippen molar-refractivity contribution in [2.24, 2.45) is 0 Å². The molecule has 0 saturated carbocycles. The third-order valence-electron chi connectivity index (χ3n) is 4.13. The number of aromatic nitrogens is 1. The Labute approximate surface area is 155 Å². The van der Waals surface area contributed by atoms with Gasteiger partial charge in [-0.25, -0.2) is 4.98 Å². The van der Waals surface area contributed by atoms with Crippen LogP contribution in [0.3, 0.4) is 0 Å². The Morgan fingerprint density at radius 3 is 2.42 bits per heavy atom. The molecule has 1 aromatic heterocycles. The topological polar surface area (TPSA) is 68.7 Å². The number of nitrogens with zero attached hydrogens (tertiary/aromatic N) is 1. The maximum atomic E-state index is 11.4. The van der Waals surface area contributed by atoms with Crippen LogP contribution in [0, 0.1) is 0 Å². The zero-order chi connectivity index (χ0) is 18.5. The Morgan fingerprint density at radius 2 is 1.85 bits per heavy atom. The number of aliphatic carboxylic acids is 1. The summed E-state index contributed by atoms with van der Waals surface area (Å²) in [7, 11) is 3.23. The van der Waals surface area contributed by atoms with Crippen LogP contribution in [-0.4, -0.2) is 30.3 Å². The van der Waals surface area contributed by atoms with Gasteiger partial charge in [0.2, 0.25) is 0 Å². The number of carbonyl (C=O) groups is 1. The lowest BCUT2D eigenvalue weighted by atomic mass is 9.92. The van der Waals surface area contributed by atoms with Gasteiger partial charge in [-0.2, -0.15) is 0 Å². The van der Waals surface area contributed by atoms with Crippen LogP contribution in [0.25, 0.3) is 11.1 Å². The highest BCUT2D eigenvalue weighted by Crippen LogP contribution is 2.40. The highest BCUT2D eigenvalue weighted by molar-refractivity contribution is 7.09. The summed E-state index contributed by atoms with van der Waals surface area (Å²) in [6.07, 6.45) is 1.68. The van der Waals surface area contributed by atoms with Crippen molar-refractivity contribution in [3.63, 3.8) is 0 Å². The minimum absolute atomic E-state index is 0.0139. The predicted molar refractivity (Wildman–Crippen MR) is 101 cm³/mol. The molecule has 3 rings (SSSR count). The van der Waals surface area contributed by atoms with Gasteiger partial charge in [-0.15, -0.1) is 11.3 Å². The second kappa shape index (κ2) is 8.01. The van der Waals surface area contributed by atoms with Gasteiger partial charge in [-0.05, 0) is 23.3 Å². The van der Waals surface area contributed by atoms with Crippen LogP contribution in [0.15, 0.2) is 54.0 Å². The third-order valence-corrected chi connectivity index (χ3v) is 5.02. The van der Waals surface area contributed by atoms with Crippen molar-refractivity contribution in [1.29, 1.82) is 0 Å². The Morgan fingerprint density at radius 1 is 1.15 bits per heavy atom. The number of methoxy groups -OCH3 is 2. The number of carboxylic acids is 1. The smallest absolute Gasteiger partial charge is 0.304 e. The summed E-state index contributed by atoms with van der Waals surface area (Å²) in [5, 5.41) is 12.0. The molecular weight excluding hydrogens is 350 g/mol. The van der Waals surface area contributed by atoms with Crippen LogP contribution in [0.1, 0.15) is 22.9 Å². The summed E-state index contributed by atoms with van der Waals surface area (Å²) < 4.78 is 11.0. The van der Waals surface area contributed by atoms with E-state index >= 15 is 0 Å². The van der Waals surface area contributed by atoms with Crippen molar-refractivity contribution in [2.45, 2.75) is 12.3 Å². The van der Waals surface area contributed by atoms with E-state index in [9.17, 15) is 9.90 Å². The highest BCUT2D eigenvalue weighted by Gasteiger charge is 2.22. The minimum Gasteiger partial charge on any atom is -0.496 e. The van der Waals surface area contributed by atoms with E-state index in [4.69, 9.17) is 9.47 Å². The molecule has 0 aliphatic carbocycles. The molecule has 0 radical (unpaired) electrons. The van der Waals surface area contributed by atoms with Crippen molar-refractivity contribution >= 4 is 17.3 Å². The van der Waals surface area contributed by atoms with Crippen molar-refractivity contribution in [2.75, 3.05) is 14.2 Å². The van der Waals surface area contributed by atoms with Gasteiger partial charge in [0.25, 0.3) is 0 Å². The lowest BCUT2D eigenvalue weighted by Crippen LogP contribution is -2.08. The van der Waals surface area contributed by atoms with E-state index < -0.39 is 5.97 Å². The molecule has 26 heavy (non-hydrogen) atoms. The van der Waals surface area contributed by atoms with Crippen LogP contribution < -0.4 is 9.47 Å². The molecular formula is C20H19NO4S. The van der Waals surface area contributed by atoms with Gasteiger partial charge in [0.05, 0.1) is 26.2 Å². The lowest BCUT2D eigenvalue weighted by molar-refractivity contribution is -0.137. The van der Waals surface area contributed by atoms with Gasteiger partial charge in [-0.1, -0.05) is 30.3 Å². The molecule has 0 spiro atoms. The van der Waals surface area contributed by atoms with Gasteiger partial charge >= 0.3 is 5.97 Å². The molecule has 1 N–H and O–H groups in total. The van der Waals surface area contributed by atoms with Crippen molar-refractivity contribution in [3.05, 3.63) is 64.6 Å². The SMILES string of the molecule is COc1cccc(OC)c1-c1cccc(C(CC(=O)O)c2nccs2)c1. The first-order chi connectivity index (χ1) is 12.6. The first kappa shape index (κ1) is 17.9. The fraction of sp³-hybridized carbons (Fsp3) is 0.200. The van der Waals surface area contributed by atoms with E-state index in [1.165, 1.54) is 11.3 Å². The molecule has 0 aliphatic heterocycles. The first-order valence-electron chi connectivity index (χ1n) is 8.06. The molecule has 1 atom stereocenters. The first-order valence-corrected chi connectivity index (χ1v) is 8.94. The molecule has 5 nitrogen and oxygen atoms in total.